The highest BCUT2D eigenvalue weighted by atomic mass is 16.6. The first kappa shape index (κ1) is 21.7. The molecule has 0 bridgehead atoms. The van der Waals surface area contributed by atoms with Crippen LogP contribution in [0.25, 0.3) is 6.08 Å². The third-order valence-electron chi connectivity index (χ3n) is 3.71. The molecule has 4 amide bonds. The van der Waals surface area contributed by atoms with Gasteiger partial charge in [-0.25, -0.2) is 9.59 Å². The van der Waals surface area contributed by atoms with E-state index in [1.165, 1.54) is 31.4 Å². The van der Waals surface area contributed by atoms with Gasteiger partial charge in [-0.2, -0.15) is 0 Å². The quantitative estimate of drug-likeness (QED) is 0.305. The highest BCUT2D eigenvalue weighted by molar-refractivity contribution is 6.31. The van der Waals surface area contributed by atoms with Crippen molar-refractivity contribution in [1.82, 2.24) is 10.2 Å². The van der Waals surface area contributed by atoms with Gasteiger partial charge >= 0.3 is 12.0 Å². The molecule has 1 aliphatic heterocycles. The standard InChI is InChI=1S/C20H22N2O7/c1-5-8-22-19(25)14(18(24)21-20(22)26)9-13-6-7-15(16(10-13)27-4)28-11-17(23)29-12(2)3/h5-7,9-10,12H,1,8,11H2,2-4H3,(H,21,24,26)/b14-9+. The second-order valence-electron chi connectivity index (χ2n) is 6.26. The van der Waals surface area contributed by atoms with Crippen molar-refractivity contribution < 1.29 is 33.4 Å². The molecule has 1 heterocycles. The number of carbonyl (C=O) groups excluding carboxylic acids is 4. The predicted molar refractivity (Wildman–Crippen MR) is 103 cm³/mol. The van der Waals surface area contributed by atoms with Gasteiger partial charge in [0.15, 0.2) is 18.1 Å². The van der Waals surface area contributed by atoms with Crippen molar-refractivity contribution in [1.29, 1.82) is 0 Å². The molecule has 1 fully saturated rings. The Kier molecular flexibility index (Phi) is 7.13. The molecule has 1 aromatic rings. The fourth-order valence-electron chi connectivity index (χ4n) is 2.48. The van der Waals surface area contributed by atoms with Crippen LogP contribution in [-0.4, -0.2) is 55.1 Å². The molecule has 29 heavy (non-hydrogen) atoms. The van der Waals surface area contributed by atoms with Crippen LogP contribution in [-0.2, 0) is 19.1 Å². The first-order valence-corrected chi connectivity index (χ1v) is 8.77. The molecular formula is C20H22N2O7. The Bertz CT molecular complexity index is 874. The molecular weight excluding hydrogens is 380 g/mol. The molecule has 0 radical (unpaired) electrons. The Morgan fingerprint density at radius 3 is 2.59 bits per heavy atom. The lowest BCUT2D eigenvalue weighted by molar-refractivity contribution is -0.149. The van der Waals surface area contributed by atoms with E-state index in [9.17, 15) is 19.2 Å². The van der Waals surface area contributed by atoms with Crippen LogP contribution in [0, 0.1) is 0 Å². The van der Waals surface area contributed by atoms with E-state index in [4.69, 9.17) is 14.2 Å². The average molecular weight is 402 g/mol. The van der Waals surface area contributed by atoms with Crippen molar-refractivity contribution in [2.75, 3.05) is 20.3 Å². The van der Waals surface area contributed by atoms with Gasteiger partial charge < -0.3 is 14.2 Å². The largest absolute Gasteiger partial charge is 0.493 e. The summed E-state index contributed by atoms with van der Waals surface area (Å²) in [7, 11) is 1.41. The van der Waals surface area contributed by atoms with Crippen LogP contribution in [0.4, 0.5) is 4.79 Å². The van der Waals surface area contributed by atoms with E-state index in [0.717, 1.165) is 4.90 Å². The fourth-order valence-corrected chi connectivity index (χ4v) is 2.48. The second kappa shape index (κ2) is 9.54. The summed E-state index contributed by atoms with van der Waals surface area (Å²) in [5.41, 5.74) is 0.257. The molecule has 9 nitrogen and oxygen atoms in total. The van der Waals surface area contributed by atoms with Gasteiger partial charge in [0.25, 0.3) is 11.8 Å². The number of benzene rings is 1. The summed E-state index contributed by atoms with van der Waals surface area (Å²) in [4.78, 5) is 48.8. The topological polar surface area (TPSA) is 111 Å². The van der Waals surface area contributed by atoms with Gasteiger partial charge in [0, 0.05) is 6.54 Å². The summed E-state index contributed by atoms with van der Waals surface area (Å²) < 4.78 is 15.7. The smallest absolute Gasteiger partial charge is 0.344 e. The predicted octanol–water partition coefficient (Wildman–Crippen LogP) is 1.67. The molecule has 1 N–H and O–H groups in total. The zero-order chi connectivity index (χ0) is 21.6. The number of hydrogen-bond acceptors (Lipinski definition) is 7. The SMILES string of the molecule is C=CCN1C(=O)NC(=O)/C(=C\c2ccc(OCC(=O)OC(C)C)c(OC)c2)C1=O. The van der Waals surface area contributed by atoms with E-state index in [1.54, 1.807) is 19.9 Å². The number of urea groups is 1. The monoisotopic (exact) mass is 402 g/mol. The van der Waals surface area contributed by atoms with Crippen LogP contribution in [0.15, 0.2) is 36.4 Å². The van der Waals surface area contributed by atoms with E-state index in [1.807, 2.05) is 0 Å². The normalized spacial score (nSPS) is 15.4. The van der Waals surface area contributed by atoms with Crippen molar-refractivity contribution in [3.63, 3.8) is 0 Å². The molecule has 0 spiro atoms. The van der Waals surface area contributed by atoms with Crippen molar-refractivity contribution in [3.05, 3.63) is 42.0 Å². The molecule has 2 rings (SSSR count). The minimum absolute atomic E-state index is 0.0299. The highest BCUT2D eigenvalue weighted by Crippen LogP contribution is 2.29. The number of rotatable bonds is 8. The Morgan fingerprint density at radius 2 is 1.97 bits per heavy atom. The molecule has 0 aromatic heterocycles. The number of esters is 1. The molecule has 0 atom stereocenters. The summed E-state index contributed by atoms with van der Waals surface area (Å²) in [6.07, 6.45) is 2.46. The molecule has 1 aromatic carbocycles. The van der Waals surface area contributed by atoms with E-state index in [2.05, 4.69) is 11.9 Å². The van der Waals surface area contributed by atoms with Crippen LogP contribution in [0.3, 0.4) is 0 Å². The Balaban J connectivity index is 2.23. The zero-order valence-corrected chi connectivity index (χ0v) is 16.4. The van der Waals surface area contributed by atoms with E-state index >= 15 is 0 Å². The van der Waals surface area contributed by atoms with Crippen LogP contribution in [0.2, 0.25) is 0 Å². The lowest BCUT2D eigenvalue weighted by Gasteiger charge is -2.25. The number of imide groups is 2. The fraction of sp³-hybridized carbons (Fsp3) is 0.300. The molecule has 9 heteroatoms. The molecule has 0 aliphatic carbocycles. The number of ether oxygens (including phenoxy) is 3. The number of amides is 4. The minimum atomic E-state index is -0.799. The average Bonchev–Trinajstić information content (AvgIpc) is 2.66. The summed E-state index contributed by atoms with van der Waals surface area (Å²) in [5, 5.41) is 2.11. The maximum atomic E-state index is 12.4. The summed E-state index contributed by atoms with van der Waals surface area (Å²) in [5.74, 6) is -1.47. The number of nitrogens with zero attached hydrogens (tertiary/aromatic N) is 1. The Morgan fingerprint density at radius 1 is 1.24 bits per heavy atom. The molecule has 0 unspecified atom stereocenters. The summed E-state index contributed by atoms with van der Waals surface area (Å²) in [6, 6.07) is 3.84. The molecule has 154 valence electrons. The van der Waals surface area contributed by atoms with Gasteiger partial charge in [-0.3, -0.25) is 19.8 Å². The summed E-state index contributed by atoms with van der Waals surface area (Å²) in [6.45, 7) is 6.62. The number of methoxy groups -OCH3 is 1. The van der Waals surface area contributed by atoms with E-state index in [0.29, 0.717) is 17.1 Å². The van der Waals surface area contributed by atoms with Crippen LogP contribution < -0.4 is 14.8 Å². The van der Waals surface area contributed by atoms with E-state index < -0.39 is 23.8 Å². The molecule has 1 saturated heterocycles. The van der Waals surface area contributed by atoms with Crippen molar-refractivity contribution >= 4 is 29.9 Å². The van der Waals surface area contributed by atoms with E-state index in [-0.39, 0.29) is 24.8 Å². The Hall–Kier alpha value is -3.62. The number of hydrogen-bond donors (Lipinski definition) is 1. The van der Waals surface area contributed by atoms with Gasteiger partial charge in [0.1, 0.15) is 5.57 Å². The number of carbonyl (C=O) groups is 4. The van der Waals surface area contributed by atoms with Crippen LogP contribution >= 0.6 is 0 Å². The van der Waals surface area contributed by atoms with Gasteiger partial charge in [-0.05, 0) is 37.6 Å². The first-order valence-electron chi connectivity index (χ1n) is 8.77. The maximum absolute atomic E-state index is 12.4. The highest BCUT2D eigenvalue weighted by Gasteiger charge is 2.34. The van der Waals surface area contributed by atoms with Gasteiger partial charge in [0.2, 0.25) is 0 Å². The van der Waals surface area contributed by atoms with Crippen molar-refractivity contribution in [2.45, 2.75) is 20.0 Å². The number of nitrogens with one attached hydrogen (secondary N) is 1. The third-order valence-corrected chi connectivity index (χ3v) is 3.71. The Labute approximate surface area is 167 Å². The third kappa shape index (κ3) is 5.44. The maximum Gasteiger partial charge on any atom is 0.344 e. The van der Waals surface area contributed by atoms with Crippen molar-refractivity contribution in [3.8, 4) is 11.5 Å². The lowest BCUT2D eigenvalue weighted by Crippen LogP contribution is -2.54. The van der Waals surface area contributed by atoms with Crippen molar-refractivity contribution in [2.24, 2.45) is 0 Å². The van der Waals surface area contributed by atoms with Gasteiger partial charge in [-0.15, -0.1) is 6.58 Å². The van der Waals surface area contributed by atoms with Crippen LogP contribution in [0.5, 0.6) is 11.5 Å². The second-order valence-corrected chi connectivity index (χ2v) is 6.26. The summed E-state index contributed by atoms with van der Waals surface area (Å²) >= 11 is 0. The molecule has 1 aliphatic rings. The van der Waals surface area contributed by atoms with Crippen LogP contribution in [0.1, 0.15) is 19.4 Å². The zero-order valence-electron chi connectivity index (χ0n) is 16.4. The first-order chi connectivity index (χ1) is 13.8. The van der Waals surface area contributed by atoms with Gasteiger partial charge in [0.05, 0.1) is 13.2 Å². The number of barbiturate groups is 1. The minimum Gasteiger partial charge on any atom is -0.493 e. The lowest BCUT2D eigenvalue weighted by atomic mass is 10.1. The van der Waals surface area contributed by atoms with Gasteiger partial charge in [-0.1, -0.05) is 12.1 Å². The molecule has 0 saturated carbocycles.